The molecular weight excluding hydrogens is 257 g/mol. The summed E-state index contributed by atoms with van der Waals surface area (Å²) in [5.41, 5.74) is -5.31. The lowest BCUT2D eigenvalue weighted by atomic mass is 9.89. The molecule has 0 bridgehead atoms. The lowest BCUT2D eigenvalue weighted by molar-refractivity contribution is -0.0588. The van der Waals surface area contributed by atoms with Crippen LogP contribution in [-0.4, -0.2) is 20.0 Å². The molecule has 0 aliphatic heterocycles. The second-order valence-electron chi connectivity index (χ2n) is 3.88. The Labute approximate surface area is 100 Å². The van der Waals surface area contributed by atoms with Gasteiger partial charge in [-0.15, -0.1) is 0 Å². The van der Waals surface area contributed by atoms with Crippen molar-refractivity contribution in [2.24, 2.45) is 5.92 Å². The molecule has 1 fully saturated rings. The predicted molar refractivity (Wildman–Crippen MR) is 58.8 cm³/mol. The zero-order chi connectivity index (χ0) is 13.7. The van der Waals surface area contributed by atoms with Gasteiger partial charge in [-0.2, -0.15) is 21.6 Å². The Kier molecular flexibility index (Phi) is 6.47. The summed E-state index contributed by atoms with van der Waals surface area (Å²) in [6, 6.07) is 0. The van der Waals surface area contributed by atoms with Crippen molar-refractivity contribution < 1.29 is 25.8 Å². The summed E-state index contributed by atoms with van der Waals surface area (Å²) < 4.78 is 61.3. The van der Waals surface area contributed by atoms with Crippen molar-refractivity contribution in [3.05, 3.63) is 0 Å². The van der Waals surface area contributed by atoms with Crippen molar-refractivity contribution in [2.45, 2.75) is 58.1 Å². The van der Waals surface area contributed by atoms with Crippen molar-refractivity contribution in [1.82, 2.24) is 0 Å². The summed E-state index contributed by atoms with van der Waals surface area (Å²) >= 11 is 0. The Balaban J connectivity index is 0.00000121. The third kappa shape index (κ3) is 5.25. The molecule has 0 radical (unpaired) electrons. The van der Waals surface area contributed by atoms with Gasteiger partial charge in [-0.1, -0.05) is 20.8 Å². The second-order valence-corrected chi connectivity index (χ2v) is 5.44. The van der Waals surface area contributed by atoms with E-state index in [9.17, 15) is 21.6 Å². The van der Waals surface area contributed by atoms with E-state index in [-0.39, 0.29) is 0 Å². The normalized spacial score (nSPS) is 26.0. The molecule has 0 saturated heterocycles. The molecule has 0 aromatic rings. The minimum Gasteiger partial charge on any atom is -0.260 e. The highest BCUT2D eigenvalue weighted by atomic mass is 32.2. The molecule has 104 valence electrons. The molecule has 1 saturated carbocycles. The van der Waals surface area contributed by atoms with E-state index < -0.39 is 21.7 Å². The zero-order valence-corrected chi connectivity index (χ0v) is 11.1. The Morgan fingerprint density at radius 3 is 1.82 bits per heavy atom. The van der Waals surface area contributed by atoms with E-state index in [0.717, 1.165) is 0 Å². The van der Waals surface area contributed by atoms with E-state index >= 15 is 0 Å². The molecule has 3 nitrogen and oxygen atoms in total. The second kappa shape index (κ2) is 6.58. The average Bonchev–Trinajstić information content (AvgIpc) is 2.22. The van der Waals surface area contributed by atoms with Gasteiger partial charge < -0.3 is 0 Å². The number of hydrogen-bond acceptors (Lipinski definition) is 3. The van der Waals surface area contributed by atoms with Gasteiger partial charge in [0.25, 0.3) is 0 Å². The first-order valence-electron chi connectivity index (χ1n) is 5.72. The molecule has 7 heteroatoms. The van der Waals surface area contributed by atoms with Crippen LogP contribution < -0.4 is 0 Å². The molecule has 1 aliphatic rings. The van der Waals surface area contributed by atoms with Crippen LogP contribution in [0.2, 0.25) is 0 Å². The van der Waals surface area contributed by atoms with Crippen molar-refractivity contribution in [3.63, 3.8) is 0 Å². The van der Waals surface area contributed by atoms with Crippen LogP contribution in [0.15, 0.2) is 0 Å². The summed E-state index contributed by atoms with van der Waals surface area (Å²) in [4.78, 5) is 0. The minimum atomic E-state index is -5.41. The van der Waals surface area contributed by atoms with Crippen LogP contribution in [0.4, 0.5) is 13.2 Å². The van der Waals surface area contributed by atoms with Crippen LogP contribution in [-0.2, 0) is 14.3 Å². The number of hydrogen-bond donors (Lipinski definition) is 0. The lowest BCUT2D eigenvalue weighted by Crippen LogP contribution is -2.31. The van der Waals surface area contributed by atoms with Crippen molar-refractivity contribution >= 4 is 10.1 Å². The SMILES string of the molecule is CC.CC1CCC(OS(=O)(=O)C(F)(F)F)CC1. The van der Waals surface area contributed by atoms with Gasteiger partial charge in [0.15, 0.2) is 0 Å². The first kappa shape index (κ1) is 16.7. The molecule has 1 rings (SSSR count). The molecule has 0 unspecified atom stereocenters. The molecule has 0 N–H and O–H groups in total. The quantitative estimate of drug-likeness (QED) is 0.573. The highest BCUT2D eigenvalue weighted by Crippen LogP contribution is 2.31. The topological polar surface area (TPSA) is 43.4 Å². The fourth-order valence-electron chi connectivity index (χ4n) is 1.56. The van der Waals surface area contributed by atoms with Crippen LogP contribution in [0, 0.1) is 5.92 Å². The van der Waals surface area contributed by atoms with E-state index in [2.05, 4.69) is 4.18 Å². The van der Waals surface area contributed by atoms with Gasteiger partial charge in [-0.25, -0.2) is 0 Å². The van der Waals surface area contributed by atoms with Crippen LogP contribution in [0.25, 0.3) is 0 Å². The number of halogens is 3. The fourth-order valence-corrected chi connectivity index (χ4v) is 2.22. The molecule has 0 atom stereocenters. The van der Waals surface area contributed by atoms with E-state index in [0.29, 0.717) is 31.6 Å². The average molecular weight is 276 g/mol. The minimum absolute atomic E-state index is 0.372. The van der Waals surface area contributed by atoms with E-state index in [1.54, 1.807) is 0 Å². The van der Waals surface area contributed by atoms with Crippen LogP contribution in [0.1, 0.15) is 46.5 Å². The number of rotatable bonds is 2. The molecule has 0 aromatic carbocycles. The largest absolute Gasteiger partial charge is 0.523 e. The summed E-state index contributed by atoms with van der Waals surface area (Å²) in [5.74, 6) is 0.429. The smallest absolute Gasteiger partial charge is 0.260 e. The molecule has 0 aromatic heterocycles. The maximum atomic E-state index is 12.0. The van der Waals surface area contributed by atoms with Gasteiger partial charge in [-0.05, 0) is 31.6 Å². The van der Waals surface area contributed by atoms with Gasteiger partial charge in [-0.3, -0.25) is 4.18 Å². The third-order valence-electron chi connectivity index (χ3n) is 2.51. The lowest BCUT2D eigenvalue weighted by Gasteiger charge is -2.25. The highest BCUT2D eigenvalue weighted by Gasteiger charge is 2.48. The summed E-state index contributed by atoms with van der Waals surface area (Å²) in [5, 5.41) is 0. The van der Waals surface area contributed by atoms with Crippen LogP contribution in [0.5, 0.6) is 0 Å². The van der Waals surface area contributed by atoms with E-state index in [4.69, 9.17) is 0 Å². The Morgan fingerprint density at radius 1 is 1.06 bits per heavy atom. The van der Waals surface area contributed by atoms with Gasteiger partial charge in [0.2, 0.25) is 0 Å². The van der Waals surface area contributed by atoms with Gasteiger partial charge in [0.05, 0.1) is 6.10 Å². The maximum absolute atomic E-state index is 12.0. The monoisotopic (exact) mass is 276 g/mol. The van der Waals surface area contributed by atoms with Crippen molar-refractivity contribution in [2.75, 3.05) is 0 Å². The molecule has 1 aliphatic carbocycles. The first-order valence-corrected chi connectivity index (χ1v) is 7.13. The van der Waals surface area contributed by atoms with Crippen LogP contribution >= 0.6 is 0 Å². The molecule has 17 heavy (non-hydrogen) atoms. The summed E-state index contributed by atoms with van der Waals surface area (Å²) in [6.07, 6.45) is 1.34. The Bertz CT molecular complexity index is 303. The highest BCUT2D eigenvalue weighted by molar-refractivity contribution is 7.87. The van der Waals surface area contributed by atoms with Gasteiger partial charge in [0.1, 0.15) is 0 Å². The molecule has 0 spiro atoms. The van der Waals surface area contributed by atoms with E-state index in [1.807, 2.05) is 20.8 Å². The van der Waals surface area contributed by atoms with E-state index in [1.165, 1.54) is 0 Å². The fraction of sp³-hybridized carbons (Fsp3) is 1.00. The summed E-state index contributed by atoms with van der Waals surface area (Å²) in [6.45, 7) is 5.98. The third-order valence-corrected chi connectivity index (χ3v) is 3.60. The zero-order valence-electron chi connectivity index (χ0n) is 10.3. The summed E-state index contributed by atoms with van der Waals surface area (Å²) in [7, 11) is -5.41. The number of alkyl halides is 3. The maximum Gasteiger partial charge on any atom is 0.523 e. The Morgan fingerprint density at radius 2 is 1.47 bits per heavy atom. The molecular formula is C10H19F3O3S. The molecule has 0 heterocycles. The van der Waals surface area contributed by atoms with Crippen LogP contribution in [0.3, 0.4) is 0 Å². The first-order chi connectivity index (χ1) is 7.72. The van der Waals surface area contributed by atoms with Gasteiger partial charge >= 0.3 is 15.6 Å². The predicted octanol–water partition coefficient (Wildman–Crippen LogP) is 3.46. The van der Waals surface area contributed by atoms with Crippen molar-refractivity contribution in [1.29, 1.82) is 0 Å². The Hall–Kier alpha value is -0.300. The molecule has 0 amide bonds. The van der Waals surface area contributed by atoms with Gasteiger partial charge in [0, 0.05) is 0 Å². The standard InChI is InChI=1S/C8H13F3O3S.C2H6/c1-6-2-4-7(5-3-6)14-15(12,13)8(9,10)11;1-2/h6-7H,2-5H2,1H3;1-2H3. The van der Waals surface area contributed by atoms with Crippen molar-refractivity contribution in [3.8, 4) is 0 Å².